The fraction of sp³-hybridized carbons (Fsp3) is 0.333. The Labute approximate surface area is 149 Å². The standard InChI is InChI=1S/C18H20FN3O4/c1-2-11-22-17(24)8-7-15(21-22)18(25)26-12-16(23)20-10-9-13-3-5-14(19)6-4-13/h3-8H,2,9-12H2,1H3,(H,20,23). The minimum atomic E-state index is -0.775. The number of nitrogens with zero attached hydrogens (tertiary/aromatic N) is 2. The predicted octanol–water partition coefficient (Wildman–Crippen LogP) is 1.31. The van der Waals surface area contributed by atoms with E-state index in [1.807, 2.05) is 6.92 Å². The van der Waals surface area contributed by atoms with Crippen molar-refractivity contribution in [3.63, 3.8) is 0 Å². The molecule has 0 radical (unpaired) electrons. The SMILES string of the molecule is CCCn1nc(C(=O)OCC(=O)NCCc2ccc(F)cc2)ccc1=O. The Bertz CT molecular complexity index is 818. The fourth-order valence-corrected chi connectivity index (χ4v) is 2.18. The van der Waals surface area contributed by atoms with Crippen molar-refractivity contribution in [3.05, 3.63) is 63.8 Å². The number of halogens is 1. The van der Waals surface area contributed by atoms with Gasteiger partial charge in [0.2, 0.25) is 0 Å². The van der Waals surface area contributed by atoms with Crippen molar-refractivity contribution in [3.8, 4) is 0 Å². The van der Waals surface area contributed by atoms with Gasteiger partial charge in [0.15, 0.2) is 12.3 Å². The number of hydrogen-bond acceptors (Lipinski definition) is 5. The minimum Gasteiger partial charge on any atom is -0.451 e. The normalized spacial score (nSPS) is 10.4. The van der Waals surface area contributed by atoms with Crippen LogP contribution < -0.4 is 10.9 Å². The lowest BCUT2D eigenvalue weighted by molar-refractivity contribution is -0.124. The van der Waals surface area contributed by atoms with Gasteiger partial charge in [-0.3, -0.25) is 9.59 Å². The van der Waals surface area contributed by atoms with E-state index in [2.05, 4.69) is 10.4 Å². The molecule has 7 nitrogen and oxygen atoms in total. The zero-order valence-corrected chi connectivity index (χ0v) is 14.4. The third kappa shape index (κ3) is 5.80. The summed E-state index contributed by atoms with van der Waals surface area (Å²) in [5.41, 5.74) is 0.546. The van der Waals surface area contributed by atoms with Gasteiger partial charge >= 0.3 is 5.97 Å². The molecule has 0 saturated heterocycles. The maximum atomic E-state index is 12.8. The van der Waals surface area contributed by atoms with E-state index in [-0.39, 0.29) is 17.1 Å². The number of carbonyl (C=O) groups excluding carboxylic acids is 2. The molecule has 138 valence electrons. The Morgan fingerprint density at radius 1 is 1.19 bits per heavy atom. The molecule has 1 N–H and O–H groups in total. The highest BCUT2D eigenvalue weighted by Gasteiger charge is 2.13. The molecule has 1 heterocycles. The van der Waals surface area contributed by atoms with E-state index in [4.69, 9.17) is 4.74 Å². The molecule has 0 spiro atoms. The Balaban J connectivity index is 1.77. The number of esters is 1. The average Bonchev–Trinajstić information content (AvgIpc) is 2.63. The molecule has 8 heteroatoms. The summed E-state index contributed by atoms with van der Waals surface area (Å²) in [6.45, 7) is 2.16. The summed E-state index contributed by atoms with van der Waals surface area (Å²) in [4.78, 5) is 35.2. The first-order chi connectivity index (χ1) is 12.5. The van der Waals surface area contributed by atoms with Gasteiger partial charge in [-0.25, -0.2) is 13.9 Å². The molecule has 0 aliphatic heterocycles. The zero-order valence-electron chi connectivity index (χ0n) is 14.4. The third-order valence-electron chi connectivity index (χ3n) is 3.49. The number of rotatable bonds is 8. The molecule has 26 heavy (non-hydrogen) atoms. The van der Waals surface area contributed by atoms with E-state index in [1.54, 1.807) is 12.1 Å². The molecule has 0 unspecified atom stereocenters. The second kappa shape index (κ2) is 9.45. The van der Waals surface area contributed by atoms with Crippen LogP contribution in [0.3, 0.4) is 0 Å². The Morgan fingerprint density at radius 2 is 1.92 bits per heavy atom. The van der Waals surface area contributed by atoms with Gasteiger partial charge in [-0.2, -0.15) is 5.10 Å². The van der Waals surface area contributed by atoms with Crippen LogP contribution in [0.4, 0.5) is 4.39 Å². The average molecular weight is 361 g/mol. The van der Waals surface area contributed by atoms with Gasteiger partial charge in [-0.05, 0) is 36.6 Å². The van der Waals surface area contributed by atoms with Crippen molar-refractivity contribution in [2.45, 2.75) is 26.3 Å². The fourth-order valence-electron chi connectivity index (χ4n) is 2.18. The van der Waals surface area contributed by atoms with Crippen molar-refractivity contribution < 1.29 is 18.7 Å². The van der Waals surface area contributed by atoms with Crippen LogP contribution in [0, 0.1) is 5.82 Å². The van der Waals surface area contributed by atoms with Crippen LogP contribution in [0.5, 0.6) is 0 Å². The lowest BCUT2D eigenvalue weighted by atomic mass is 10.1. The topological polar surface area (TPSA) is 90.3 Å². The molecule has 0 fully saturated rings. The minimum absolute atomic E-state index is 0.0304. The molecule has 2 rings (SSSR count). The van der Waals surface area contributed by atoms with Gasteiger partial charge in [0.1, 0.15) is 5.82 Å². The maximum Gasteiger partial charge on any atom is 0.359 e. The smallest absolute Gasteiger partial charge is 0.359 e. The van der Waals surface area contributed by atoms with Gasteiger partial charge in [0, 0.05) is 19.2 Å². The van der Waals surface area contributed by atoms with E-state index >= 15 is 0 Å². The Kier molecular flexibility index (Phi) is 7.02. The maximum absolute atomic E-state index is 12.8. The second-order valence-corrected chi connectivity index (χ2v) is 5.58. The molecule has 0 bridgehead atoms. The van der Waals surface area contributed by atoms with Crippen LogP contribution in [0.25, 0.3) is 0 Å². The number of aromatic nitrogens is 2. The lowest BCUT2D eigenvalue weighted by Crippen LogP contribution is -2.31. The zero-order chi connectivity index (χ0) is 18.9. The predicted molar refractivity (Wildman–Crippen MR) is 92.2 cm³/mol. The van der Waals surface area contributed by atoms with Crippen LogP contribution in [-0.2, 0) is 22.5 Å². The first-order valence-electron chi connectivity index (χ1n) is 8.26. The van der Waals surface area contributed by atoms with Crippen molar-refractivity contribution in [2.24, 2.45) is 0 Å². The number of amides is 1. The molecule has 2 aromatic rings. The quantitative estimate of drug-likeness (QED) is 0.716. The number of benzene rings is 1. The highest BCUT2D eigenvalue weighted by Crippen LogP contribution is 2.02. The van der Waals surface area contributed by atoms with Gasteiger partial charge in [0.25, 0.3) is 11.5 Å². The highest BCUT2D eigenvalue weighted by atomic mass is 19.1. The van der Waals surface area contributed by atoms with Crippen LogP contribution in [0.1, 0.15) is 29.4 Å². The largest absolute Gasteiger partial charge is 0.451 e. The summed E-state index contributed by atoms with van der Waals surface area (Å²) in [6.07, 6.45) is 1.23. The molecular weight excluding hydrogens is 341 g/mol. The van der Waals surface area contributed by atoms with E-state index in [0.29, 0.717) is 25.9 Å². The number of nitrogens with one attached hydrogen (secondary N) is 1. The first-order valence-corrected chi connectivity index (χ1v) is 8.26. The number of aryl methyl sites for hydroxylation is 1. The van der Waals surface area contributed by atoms with Crippen LogP contribution in [0.2, 0.25) is 0 Å². The van der Waals surface area contributed by atoms with Crippen molar-refractivity contribution >= 4 is 11.9 Å². The Morgan fingerprint density at radius 3 is 2.62 bits per heavy atom. The third-order valence-corrected chi connectivity index (χ3v) is 3.49. The number of carbonyl (C=O) groups is 2. The van der Waals surface area contributed by atoms with Gasteiger partial charge in [-0.1, -0.05) is 19.1 Å². The van der Waals surface area contributed by atoms with Crippen LogP contribution in [0.15, 0.2) is 41.2 Å². The molecule has 0 aliphatic rings. The summed E-state index contributed by atoms with van der Waals surface area (Å²) in [6, 6.07) is 8.48. The van der Waals surface area contributed by atoms with Gasteiger partial charge < -0.3 is 10.1 Å². The summed E-state index contributed by atoms with van der Waals surface area (Å²) in [5, 5.41) is 6.52. The number of hydrogen-bond donors (Lipinski definition) is 1. The highest BCUT2D eigenvalue weighted by molar-refractivity contribution is 5.89. The summed E-state index contributed by atoms with van der Waals surface area (Å²) in [7, 11) is 0. The monoisotopic (exact) mass is 361 g/mol. The Hall–Kier alpha value is -3.03. The van der Waals surface area contributed by atoms with Gasteiger partial charge in [0.05, 0.1) is 0 Å². The first kappa shape index (κ1) is 19.3. The van der Waals surface area contributed by atoms with Crippen molar-refractivity contribution in [1.82, 2.24) is 15.1 Å². The summed E-state index contributed by atoms with van der Waals surface area (Å²) in [5.74, 6) is -1.55. The van der Waals surface area contributed by atoms with E-state index in [9.17, 15) is 18.8 Å². The molecule has 1 aromatic heterocycles. The van der Waals surface area contributed by atoms with Crippen molar-refractivity contribution in [1.29, 1.82) is 0 Å². The van der Waals surface area contributed by atoms with Crippen LogP contribution in [-0.4, -0.2) is 34.8 Å². The van der Waals surface area contributed by atoms with E-state index in [0.717, 1.165) is 5.56 Å². The number of ether oxygens (including phenoxy) is 1. The molecular formula is C18H20FN3O4. The van der Waals surface area contributed by atoms with E-state index < -0.39 is 18.5 Å². The van der Waals surface area contributed by atoms with Crippen LogP contribution >= 0.6 is 0 Å². The summed E-state index contributed by atoms with van der Waals surface area (Å²) < 4.78 is 18.9. The molecule has 0 saturated carbocycles. The van der Waals surface area contributed by atoms with E-state index in [1.165, 1.54) is 28.9 Å². The molecule has 0 atom stereocenters. The molecule has 0 aliphatic carbocycles. The molecule has 1 aromatic carbocycles. The second-order valence-electron chi connectivity index (χ2n) is 5.58. The van der Waals surface area contributed by atoms with Gasteiger partial charge in [-0.15, -0.1) is 0 Å². The summed E-state index contributed by atoms with van der Waals surface area (Å²) >= 11 is 0. The molecule has 1 amide bonds. The van der Waals surface area contributed by atoms with Crippen molar-refractivity contribution in [2.75, 3.05) is 13.2 Å². The lowest BCUT2D eigenvalue weighted by Gasteiger charge is -2.08.